The molecular formula is C21H20ClNO4. The maximum Gasteiger partial charge on any atom is 0.336 e. The molecular weight excluding hydrogens is 366 g/mol. The van der Waals surface area contributed by atoms with Gasteiger partial charge < -0.3 is 14.5 Å². The van der Waals surface area contributed by atoms with E-state index in [-0.39, 0.29) is 18.6 Å². The van der Waals surface area contributed by atoms with Gasteiger partial charge in [-0.05, 0) is 50.1 Å². The third kappa shape index (κ3) is 4.14. The minimum atomic E-state index is -0.411. The Kier molecular flexibility index (Phi) is 5.51. The molecule has 0 radical (unpaired) electrons. The fourth-order valence-electron chi connectivity index (χ4n) is 2.99. The van der Waals surface area contributed by atoms with Crippen LogP contribution in [0, 0.1) is 13.8 Å². The molecule has 2 aromatic carbocycles. The summed E-state index contributed by atoms with van der Waals surface area (Å²) in [6.07, 6.45) is 0. The molecule has 1 amide bonds. The number of halogens is 1. The maximum atomic E-state index is 12.2. The Morgan fingerprint density at radius 2 is 1.96 bits per heavy atom. The van der Waals surface area contributed by atoms with Crippen LogP contribution in [-0.4, -0.2) is 12.5 Å². The van der Waals surface area contributed by atoms with E-state index in [0.717, 1.165) is 16.5 Å². The van der Waals surface area contributed by atoms with E-state index in [0.29, 0.717) is 21.9 Å². The van der Waals surface area contributed by atoms with Gasteiger partial charge in [0.25, 0.3) is 5.91 Å². The molecule has 3 aromatic rings. The Morgan fingerprint density at radius 3 is 2.70 bits per heavy atom. The monoisotopic (exact) mass is 385 g/mol. The maximum absolute atomic E-state index is 12.2. The van der Waals surface area contributed by atoms with Crippen LogP contribution < -0.4 is 15.7 Å². The minimum absolute atomic E-state index is 0.156. The zero-order valence-corrected chi connectivity index (χ0v) is 16.1. The van der Waals surface area contributed by atoms with E-state index < -0.39 is 5.63 Å². The summed E-state index contributed by atoms with van der Waals surface area (Å²) in [5.41, 5.74) is 2.42. The number of benzene rings is 2. The average molecular weight is 386 g/mol. The molecule has 1 aromatic heterocycles. The van der Waals surface area contributed by atoms with Gasteiger partial charge in [-0.1, -0.05) is 29.8 Å². The first-order valence-corrected chi connectivity index (χ1v) is 8.95. The number of carbonyl (C=O) groups is 1. The molecule has 1 heterocycles. The van der Waals surface area contributed by atoms with E-state index in [4.69, 9.17) is 20.8 Å². The van der Waals surface area contributed by atoms with Crippen molar-refractivity contribution in [2.45, 2.75) is 26.8 Å². The van der Waals surface area contributed by atoms with Gasteiger partial charge >= 0.3 is 5.63 Å². The van der Waals surface area contributed by atoms with Gasteiger partial charge in [0, 0.05) is 22.0 Å². The fourth-order valence-corrected chi connectivity index (χ4v) is 3.29. The molecule has 5 nitrogen and oxygen atoms in total. The number of ether oxygens (including phenoxy) is 1. The Morgan fingerprint density at radius 1 is 1.22 bits per heavy atom. The van der Waals surface area contributed by atoms with E-state index in [1.165, 1.54) is 6.07 Å². The van der Waals surface area contributed by atoms with Crippen molar-refractivity contribution in [1.29, 1.82) is 0 Å². The highest BCUT2D eigenvalue weighted by Crippen LogP contribution is 2.28. The Balaban J connectivity index is 1.71. The van der Waals surface area contributed by atoms with Gasteiger partial charge in [0.1, 0.15) is 11.3 Å². The highest BCUT2D eigenvalue weighted by atomic mass is 35.5. The van der Waals surface area contributed by atoms with Gasteiger partial charge in [0.05, 0.1) is 6.04 Å². The number of carbonyl (C=O) groups excluding carboxylic acids is 1. The van der Waals surface area contributed by atoms with Crippen molar-refractivity contribution in [2.24, 2.45) is 0 Å². The van der Waals surface area contributed by atoms with Gasteiger partial charge in [-0.25, -0.2) is 4.79 Å². The molecule has 6 heteroatoms. The van der Waals surface area contributed by atoms with Crippen molar-refractivity contribution >= 4 is 28.5 Å². The molecule has 140 valence electrons. The summed E-state index contributed by atoms with van der Waals surface area (Å²) < 4.78 is 11.0. The van der Waals surface area contributed by atoms with Crippen LogP contribution in [0.2, 0.25) is 5.02 Å². The second kappa shape index (κ2) is 7.84. The lowest BCUT2D eigenvalue weighted by molar-refractivity contribution is -0.123. The van der Waals surface area contributed by atoms with Gasteiger partial charge in [0.2, 0.25) is 0 Å². The first-order valence-electron chi connectivity index (χ1n) is 8.57. The third-order valence-corrected chi connectivity index (χ3v) is 4.77. The Hall–Kier alpha value is -2.79. The topological polar surface area (TPSA) is 68.5 Å². The second-order valence-corrected chi connectivity index (χ2v) is 6.82. The van der Waals surface area contributed by atoms with Gasteiger partial charge in [0.15, 0.2) is 6.61 Å². The molecule has 0 aliphatic heterocycles. The SMILES string of the molecule is Cc1cc(=O)oc2c(C)c(OCC(=O)N[C@H](C)c3ccccc3Cl)ccc12. The van der Waals surface area contributed by atoms with Crippen molar-refractivity contribution in [2.75, 3.05) is 6.61 Å². The summed E-state index contributed by atoms with van der Waals surface area (Å²) in [5, 5.41) is 4.30. The van der Waals surface area contributed by atoms with E-state index >= 15 is 0 Å². The summed E-state index contributed by atoms with van der Waals surface area (Å²) in [5.74, 6) is 0.226. The number of hydrogen-bond donors (Lipinski definition) is 1. The summed E-state index contributed by atoms with van der Waals surface area (Å²) in [4.78, 5) is 23.9. The Bertz CT molecular complexity index is 1060. The smallest absolute Gasteiger partial charge is 0.336 e. The van der Waals surface area contributed by atoms with Crippen LogP contribution in [0.4, 0.5) is 0 Å². The zero-order valence-electron chi connectivity index (χ0n) is 15.3. The summed E-state index contributed by atoms with van der Waals surface area (Å²) in [7, 11) is 0. The van der Waals surface area contributed by atoms with Crippen LogP contribution >= 0.6 is 11.6 Å². The van der Waals surface area contributed by atoms with Crippen molar-refractivity contribution in [3.63, 3.8) is 0 Å². The first kappa shape index (κ1) is 19.0. The van der Waals surface area contributed by atoms with E-state index in [2.05, 4.69) is 5.32 Å². The number of rotatable bonds is 5. The first-order chi connectivity index (χ1) is 12.9. The molecule has 27 heavy (non-hydrogen) atoms. The summed E-state index contributed by atoms with van der Waals surface area (Å²) >= 11 is 6.16. The zero-order chi connectivity index (χ0) is 19.6. The fraction of sp³-hybridized carbons (Fsp3) is 0.238. The number of amides is 1. The molecule has 0 saturated heterocycles. The summed E-state index contributed by atoms with van der Waals surface area (Å²) in [6.45, 7) is 5.35. The van der Waals surface area contributed by atoms with Crippen LogP contribution in [0.3, 0.4) is 0 Å². The summed E-state index contributed by atoms with van der Waals surface area (Å²) in [6, 6.07) is 12.2. The van der Waals surface area contributed by atoms with Crippen LogP contribution in [0.5, 0.6) is 5.75 Å². The van der Waals surface area contributed by atoms with Gasteiger partial charge in [-0.3, -0.25) is 4.79 Å². The molecule has 1 atom stereocenters. The van der Waals surface area contributed by atoms with Crippen LogP contribution in [0.15, 0.2) is 51.7 Å². The normalized spacial score (nSPS) is 12.0. The predicted molar refractivity (Wildman–Crippen MR) is 105 cm³/mol. The largest absolute Gasteiger partial charge is 0.483 e. The lowest BCUT2D eigenvalue weighted by Crippen LogP contribution is -2.31. The number of hydrogen-bond acceptors (Lipinski definition) is 4. The van der Waals surface area contributed by atoms with Crippen LogP contribution in [-0.2, 0) is 4.79 Å². The molecule has 0 bridgehead atoms. The van der Waals surface area contributed by atoms with Crippen molar-refractivity contribution < 1.29 is 13.9 Å². The molecule has 0 aliphatic rings. The third-order valence-electron chi connectivity index (χ3n) is 4.43. The predicted octanol–water partition coefficient (Wildman–Crippen LogP) is 4.32. The lowest BCUT2D eigenvalue weighted by Gasteiger charge is -2.16. The highest BCUT2D eigenvalue weighted by Gasteiger charge is 2.14. The Labute approximate surface area is 161 Å². The molecule has 0 unspecified atom stereocenters. The molecule has 1 N–H and O–H groups in total. The second-order valence-electron chi connectivity index (χ2n) is 6.41. The van der Waals surface area contributed by atoms with Crippen LogP contribution in [0.1, 0.15) is 29.7 Å². The molecule has 0 saturated carbocycles. The van der Waals surface area contributed by atoms with Gasteiger partial charge in [-0.2, -0.15) is 0 Å². The van der Waals surface area contributed by atoms with E-state index in [9.17, 15) is 9.59 Å². The highest BCUT2D eigenvalue weighted by molar-refractivity contribution is 6.31. The minimum Gasteiger partial charge on any atom is -0.483 e. The number of nitrogens with one attached hydrogen (secondary N) is 1. The van der Waals surface area contributed by atoms with Gasteiger partial charge in [-0.15, -0.1) is 0 Å². The lowest BCUT2D eigenvalue weighted by atomic mass is 10.1. The molecule has 0 fully saturated rings. The van der Waals surface area contributed by atoms with Crippen molar-refractivity contribution in [3.8, 4) is 5.75 Å². The van der Waals surface area contributed by atoms with E-state index in [1.807, 2.05) is 38.1 Å². The standard InChI is InChI=1S/C21H20ClNO4/c1-12-10-20(25)27-21-13(2)18(9-8-15(12)21)26-11-19(24)23-14(3)16-6-4-5-7-17(16)22/h4-10,14H,11H2,1-3H3,(H,23,24)/t14-/m1/s1. The molecule has 3 rings (SSSR count). The van der Waals surface area contributed by atoms with Crippen molar-refractivity contribution in [3.05, 3.63) is 74.6 Å². The van der Waals surface area contributed by atoms with Crippen molar-refractivity contribution in [1.82, 2.24) is 5.32 Å². The number of fused-ring (bicyclic) bond motifs is 1. The quantitative estimate of drug-likeness (QED) is 0.664. The van der Waals surface area contributed by atoms with E-state index in [1.54, 1.807) is 19.1 Å². The molecule has 0 aliphatic carbocycles. The molecule has 0 spiro atoms. The number of aryl methyl sites for hydroxylation is 2. The van der Waals surface area contributed by atoms with Crippen LogP contribution in [0.25, 0.3) is 11.0 Å². The average Bonchev–Trinajstić information content (AvgIpc) is 2.62.